The number of thioether (sulfide) groups is 1. The molecule has 1 amide bonds. The molecule has 1 aliphatic rings. The SMILES string of the molecule is O=C(Nc1nnc(SCc2ccccc2)s1)c1ccc2c(=O)n3c(nc2c1)CCCCCC3. The predicted octanol–water partition coefficient (Wildman–Crippen LogP) is 4.91. The first-order valence-corrected chi connectivity index (χ1v) is 12.8. The summed E-state index contributed by atoms with van der Waals surface area (Å²) in [5, 5.41) is 12.1. The zero-order valence-electron chi connectivity index (χ0n) is 18.0. The average Bonchev–Trinajstić information content (AvgIpc) is 3.26. The summed E-state index contributed by atoms with van der Waals surface area (Å²) in [6, 6.07) is 15.2. The van der Waals surface area contributed by atoms with Crippen molar-refractivity contribution in [1.29, 1.82) is 0 Å². The molecule has 0 radical (unpaired) electrons. The number of rotatable bonds is 5. The molecule has 0 spiro atoms. The smallest absolute Gasteiger partial charge is 0.261 e. The van der Waals surface area contributed by atoms with Gasteiger partial charge in [-0.05, 0) is 36.6 Å². The Kier molecular flexibility index (Phi) is 6.50. The molecule has 4 aromatic rings. The van der Waals surface area contributed by atoms with E-state index in [-0.39, 0.29) is 11.5 Å². The topological polar surface area (TPSA) is 89.8 Å². The second kappa shape index (κ2) is 9.84. The van der Waals surface area contributed by atoms with Gasteiger partial charge in [0.2, 0.25) is 5.13 Å². The van der Waals surface area contributed by atoms with Crippen LogP contribution in [0.3, 0.4) is 0 Å². The maximum Gasteiger partial charge on any atom is 0.261 e. The van der Waals surface area contributed by atoms with Gasteiger partial charge in [-0.25, -0.2) is 4.98 Å². The molecular formula is C24H23N5O2S2. The number of aryl methyl sites for hydroxylation is 1. The Labute approximate surface area is 199 Å². The van der Waals surface area contributed by atoms with Crippen molar-refractivity contribution < 1.29 is 4.79 Å². The highest BCUT2D eigenvalue weighted by molar-refractivity contribution is 8.00. The van der Waals surface area contributed by atoms with Crippen molar-refractivity contribution in [3.63, 3.8) is 0 Å². The van der Waals surface area contributed by atoms with E-state index >= 15 is 0 Å². The maximum atomic E-state index is 13.0. The first-order valence-electron chi connectivity index (χ1n) is 11.0. The quantitative estimate of drug-likeness (QED) is 0.325. The van der Waals surface area contributed by atoms with Crippen LogP contribution in [0.1, 0.15) is 47.4 Å². The van der Waals surface area contributed by atoms with Crippen molar-refractivity contribution in [2.45, 2.75) is 48.7 Å². The number of aromatic nitrogens is 4. The number of carbonyl (C=O) groups excluding carboxylic acids is 1. The van der Waals surface area contributed by atoms with Gasteiger partial charge in [-0.2, -0.15) is 0 Å². The van der Waals surface area contributed by atoms with Gasteiger partial charge in [0.1, 0.15) is 5.82 Å². The number of hydrogen-bond acceptors (Lipinski definition) is 7. The van der Waals surface area contributed by atoms with Gasteiger partial charge in [0, 0.05) is 24.3 Å². The van der Waals surface area contributed by atoms with Gasteiger partial charge in [-0.15, -0.1) is 10.2 Å². The van der Waals surface area contributed by atoms with E-state index in [1.54, 1.807) is 34.5 Å². The summed E-state index contributed by atoms with van der Waals surface area (Å²) >= 11 is 2.93. The standard InChI is InChI=1S/C24H23N5O2S2/c30-21(26-23-27-28-24(33-23)32-15-16-8-4-3-5-9-16)17-11-12-18-19(14-17)25-20-10-6-1-2-7-13-29(20)22(18)31/h3-5,8-9,11-12,14H,1-2,6-7,10,13,15H2,(H,26,27,30). The molecule has 0 atom stereocenters. The van der Waals surface area contributed by atoms with Crippen molar-refractivity contribution in [3.05, 3.63) is 75.8 Å². The minimum absolute atomic E-state index is 0.0203. The molecule has 3 heterocycles. The molecule has 0 fully saturated rings. The zero-order valence-corrected chi connectivity index (χ0v) is 19.6. The number of benzene rings is 2. The second-order valence-electron chi connectivity index (χ2n) is 7.98. The lowest BCUT2D eigenvalue weighted by Gasteiger charge is -2.16. The van der Waals surface area contributed by atoms with Crippen LogP contribution >= 0.6 is 23.1 Å². The van der Waals surface area contributed by atoms with E-state index in [4.69, 9.17) is 4.98 Å². The van der Waals surface area contributed by atoms with Crippen LogP contribution in [0, 0.1) is 0 Å². The minimum atomic E-state index is -0.290. The molecule has 0 unspecified atom stereocenters. The van der Waals surface area contributed by atoms with Crippen molar-refractivity contribution in [2.75, 3.05) is 5.32 Å². The number of carbonyl (C=O) groups is 1. The fourth-order valence-corrected chi connectivity index (χ4v) is 5.65. The fraction of sp³-hybridized carbons (Fsp3) is 0.292. The Morgan fingerprint density at radius 3 is 2.79 bits per heavy atom. The van der Waals surface area contributed by atoms with Gasteiger partial charge in [-0.3, -0.25) is 19.5 Å². The number of anilines is 1. The molecule has 2 aromatic carbocycles. The van der Waals surface area contributed by atoms with E-state index in [2.05, 4.69) is 27.6 Å². The van der Waals surface area contributed by atoms with Gasteiger partial charge in [0.15, 0.2) is 4.34 Å². The van der Waals surface area contributed by atoms with Gasteiger partial charge in [0.25, 0.3) is 11.5 Å². The van der Waals surface area contributed by atoms with Crippen LogP contribution in [0.2, 0.25) is 0 Å². The number of nitrogens with zero attached hydrogens (tertiary/aromatic N) is 4. The lowest BCUT2D eigenvalue weighted by atomic mass is 10.1. The van der Waals surface area contributed by atoms with E-state index in [1.807, 2.05) is 18.2 Å². The third kappa shape index (κ3) is 4.99. The Morgan fingerprint density at radius 2 is 1.91 bits per heavy atom. The molecule has 0 saturated heterocycles. The highest BCUT2D eigenvalue weighted by atomic mass is 32.2. The molecular weight excluding hydrogens is 454 g/mol. The Bertz CT molecular complexity index is 1350. The van der Waals surface area contributed by atoms with E-state index in [0.29, 0.717) is 28.1 Å². The normalized spacial score (nSPS) is 13.8. The molecule has 1 aliphatic heterocycles. The highest BCUT2D eigenvalue weighted by Gasteiger charge is 2.16. The van der Waals surface area contributed by atoms with Crippen LogP contribution in [0.25, 0.3) is 10.9 Å². The lowest BCUT2D eigenvalue weighted by Crippen LogP contribution is -2.26. The number of hydrogen-bond donors (Lipinski definition) is 1. The Hall–Kier alpha value is -3.04. The molecule has 2 aromatic heterocycles. The molecule has 9 heteroatoms. The van der Waals surface area contributed by atoms with Gasteiger partial charge >= 0.3 is 0 Å². The Morgan fingerprint density at radius 1 is 1.06 bits per heavy atom. The number of nitrogens with one attached hydrogen (secondary N) is 1. The second-order valence-corrected chi connectivity index (χ2v) is 10.2. The van der Waals surface area contributed by atoms with Crippen LogP contribution in [-0.4, -0.2) is 25.7 Å². The third-order valence-corrected chi connectivity index (χ3v) is 7.70. The highest BCUT2D eigenvalue weighted by Crippen LogP contribution is 2.28. The molecule has 33 heavy (non-hydrogen) atoms. The molecule has 1 N–H and O–H groups in total. The summed E-state index contributed by atoms with van der Waals surface area (Å²) in [4.78, 5) is 30.6. The molecule has 0 saturated carbocycles. The molecule has 0 bridgehead atoms. The number of fused-ring (bicyclic) bond motifs is 2. The van der Waals surface area contributed by atoms with E-state index in [1.165, 1.54) is 16.9 Å². The Balaban J connectivity index is 1.32. The van der Waals surface area contributed by atoms with Crippen molar-refractivity contribution in [1.82, 2.24) is 19.7 Å². The molecule has 0 aliphatic carbocycles. The van der Waals surface area contributed by atoms with Gasteiger partial charge < -0.3 is 0 Å². The summed E-state index contributed by atoms with van der Waals surface area (Å²) < 4.78 is 2.60. The molecule has 7 nitrogen and oxygen atoms in total. The van der Waals surface area contributed by atoms with E-state index in [9.17, 15) is 9.59 Å². The maximum absolute atomic E-state index is 13.0. The summed E-state index contributed by atoms with van der Waals surface area (Å²) in [5.74, 6) is 1.31. The minimum Gasteiger partial charge on any atom is -0.296 e. The van der Waals surface area contributed by atoms with Crippen molar-refractivity contribution >= 4 is 45.0 Å². The summed E-state index contributed by atoms with van der Waals surface area (Å²) in [6.07, 6.45) is 5.11. The summed E-state index contributed by atoms with van der Waals surface area (Å²) in [5.41, 5.74) is 2.19. The predicted molar refractivity (Wildman–Crippen MR) is 132 cm³/mol. The van der Waals surface area contributed by atoms with Gasteiger partial charge in [0.05, 0.1) is 10.9 Å². The fourth-order valence-electron chi connectivity index (χ4n) is 3.94. The zero-order chi connectivity index (χ0) is 22.6. The summed E-state index contributed by atoms with van der Waals surface area (Å²) in [7, 11) is 0. The van der Waals surface area contributed by atoms with E-state index in [0.717, 1.165) is 48.0 Å². The van der Waals surface area contributed by atoms with Crippen molar-refractivity contribution in [2.24, 2.45) is 0 Å². The first-order chi connectivity index (χ1) is 16.2. The van der Waals surface area contributed by atoms with Crippen molar-refractivity contribution in [3.8, 4) is 0 Å². The lowest BCUT2D eigenvalue weighted by molar-refractivity contribution is 0.102. The van der Waals surface area contributed by atoms with E-state index < -0.39 is 0 Å². The monoisotopic (exact) mass is 477 g/mol. The third-order valence-electron chi connectivity index (χ3n) is 5.66. The van der Waals surface area contributed by atoms with Crippen LogP contribution in [0.5, 0.6) is 0 Å². The first kappa shape index (κ1) is 21.8. The van der Waals surface area contributed by atoms with Gasteiger partial charge in [-0.1, -0.05) is 66.3 Å². The largest absolute Gasteiger partial charge is 0.296 e. The summed E-state index contributed by atoms with van der Waals surface area (Å²) in [6.45, 7) is 0.709. The number of amides is 1. The molecule has 168 valence electrons. The van der Waals surface area contributed by atoms with Crippen LogP contribution in [0.4, 0.5) is 5.13 Å². The molecule has 5 rings (SSSR count). The van der Waals surface area contributed by atoms with Crippen LogP contribution in [-0.2, 0) is 18.7 Å². The van der Waals surface area contributed by atoms with Crippen LogP contribution in [0.15, 0.2) is 57.7 Å². The van der Waals surface area contributed by atoms with Crippen LogP contribution < -0.4 is 10.9 Å². The average molecular weight is 478 g/mol.